The molecular weight excluding hydrogens is 345 g/mol. The van der Waals surface area contributed by atoms with Crippen molar-refractivity contribution in [3.05, 3.63) is 0 Å². The third-order valence-electron chi connectivity index (χ3n) is 0. The van der Waals surface area contributed by atoms with E-state index >= 15 is 0 Å². The Morgan fingerprint density at radius 1 is 0.375 bits per heavy atom. The first-order chi connectivity index (χ1) is 6.00. The van der Waals surface area contributed by atoms with Crippen molar-refractivity contribution in [3.8, 4) is 39.4 Å². The molecule has 6 nitrogen and oxygen atoms in total. The molecule has 0 saturated carbocycles. The van der Waals surface area contributed by atoms with Crippen LogP contribution in [-0.4, -0.2) is 29.6 Å². The van der Waals surface area contributed by atoms with Gasteiger partial charge in [-0.1, -0.05) is 0 Å². The minimum absolute atomic E-state index is 0. The van der Waals surface area contributed by atoms with Gasteiger partial charge in [-0.25, -0.2) is 31.6 Å². The Hall–Kier alpha value is -0.502. The molecule has 16 heavy (non-hydrogen) atoms. The van der Waals surface area contributed by atoms with Gasteiger partial charge < -0.3 is 0 Å². The molecule has 0 rings (SSSR count). The van der Waals surface area contributed by atoms with Crippen molar-refractivity contribution < 1.29 is 51.2 Å². The first kappa shape index (κ1) is 108. The molecule has 0 aliphatic heterocycles. The second kappa shape index (κ2) is 10500. The van der Waals surface area contributed by atoms with Crippen LogP contribution in [0.3, 0.4) is 0 Å². The Labute approximate surface area is 150 Å². The fourth-order valence-corrected chi connectivity index (χ4v) is 0. The second-order valence-corrected chi connectivity index (χ2v) is 0. The van der Waals surface area contributed by atoms with Gasteiger partial charge in [-0.3, -0.25) is 0 Å². The molecule has 0 aromatic heterocycles. The maximum absolute atomic E-state index is 6.50. The summed E-state index contributed by atoms with van der Waals surface area (Å²) in [4.78, 5) is 0. The third-order valence-corrected chi connectivity index (χ3v) is 0. The van der Waals surface area contributed by atoms with Gasteiger partial charge in [-0.05, 0) is 0 Å². The summed E-state index contributed by atoms with van der Waals surface area (Å²) in [6.45, 7) is 21.0. The molecular formula is C6H7FeMn2N6Na. The van der Waals surface area contributed by atoms with Crippen molar-refractivity contribution in [2.24, 2.45) is 0 Å². The molecule has 2 radical (unpaired) electrons. The van der Waals surface area contributed by atoms with E-state index in [1.807, 2.05) is 0 Å². The summed E-state index contributed by atoms with van der Waals surface area (Å²) in [5, 5.41) is 39.0. The zero-order valence-corrected chi connectivity index (χ0v) is 10.7. The number of hydrogen-bond acceptors (Lipinski definition) is 6. The van der Waals surface area contributed by atoms with E-state index in [0.29, 0.717) is 0 Å². The normalized spacial score (nSPS) is 0.750. The third kappa shape index (κ3) is 8380. The molecule has 0 aromatic carbocycles. The van der Waals surface area contributed by atoms with E-state index in [1.165, 1.54) is 0 Å². The van der Waals surface area contributed by atoms with Crippen LogP contribution in [0.1, 0.15) is 0 Å². The fourth-order valence-electron chi connectivity index (χ4n) is 0. The zero-order chi connectivity index (χ0) is 12.0. The molecule has 0 amide bonds. The Balaban J connectivity index is -0.00000000321. The van der Waals surface area contributed by atoms with E-state index in [2.05, 4.69) is 39.4 Å². The van der Waals surface area contributed by atoms with Crippen LogP contribution in [0.2, 0.25) is 0 Å². The van der Waals surface area contributed by atoms with Gasteiger partial charge in [-0.15, -0.1) is 0 Å². The second-order valence-electron chi connectivity index (χ2n) is 0. The van der Waals surface area contributed by atoms with Crippen molar-refractivity contribution >= 4 is 29.6 Å². The predicted molar refractivity (Wildman–Crippen MR) is 47.2 cm³/mol. The molecule has 0 atom stereocenters. The van der Waals surface area contributed by atoms with E-state index < -0.39 is 0 Å². The van der Waals surface area contributed by atoms with Crippen LogP contribution in [0, 0.1) is 71.0 Å². The average Bonchev–Trinajstić information content (AvgIpc) is 2.33. The maximum atomic E-state index is 6.50. The van der Waals surface area contributed by atoms with Gasteiger partial charge >= 0.3 is 29.6 Å². The van der Waals surface area contributed by atoms with Gasteiger partial charge in [0.2, 0.25) is 0 Å². The van der Waals surface area contributed by atoms with Crippen molar-refractivity contribution in [2.45, 2.75) is 0 Å². The van der Waals surface area contributed by atoms with E-state index in [1.54, 1.807) is 0 Å². The summed E-state index contributed by atoms with van der Waals surface area (Å²) in [5.74, 6) is 0. The molecule has 0 aromatic rings. The van der Waals surface area contributed by atoms with E-state index in [0.717, 1.165) is 0 Å². The summed E-state index contributed by atoms with van der Waals surface area (Å²) < 4.78 is 0. The summed E-state index contributed by atoms with van der Waals surface area (Å²) in [5.41, 5.74) is 0. The summed E-state index contributed by atoms with van der Waals surface area (Å²) in [6.07, 6.45) is 0. The molecule has 0 unspecified atom stereocenters. The molecule has 0 N–H and O–H groups in total. The molecule has 0 fully saturated rings. The van der Waals surface area contributed by atoms with Gasteiger partial charge in [-0.2, -0.15) is 0 Å². The number of hydrogen-bond donors (Lipinski definition) is 0. The Bertz CT molecular complexity index is 106. The molecule has 0 aliphatic rings. The van der Waals surface area contributed by atoms with Crippen LogP contribution in [0.25, 0.3) is 0 Å². The molecule has 0 aliphatic carbocycles. The standard InChI is InChI=1S/6CHN.Fe.2Mn.Na.H/c6*1-2;;;;;/h6*1H;;;;;. The molecule has 84 valence electrons. The molecule has 0 heterocycles. The number of nitrogens with zero attached hydrogens (tertiary/aromatic N) is 6. The van der Waals surface area contributed by atoms with E-state index in [-0.39, 0.29) is 80.8 Å². The van der Waals surface area contributed by atoms with E-state index in [9.17, 15) is 0 Å². The molecule has 0 bridgehead atoms. The topological polar surface area (TPSA) is 143 Å². The SMILES string of the molecule is C#N.C#N.C#N.C#N.C#N.C#N.[Fe].[Mn].[Mn].[NaH]. The van der Waals surface area contributed by atoms with E-state index in [4.69, 9.17) is 31.6 Å². The van der Waals surface area contributed by atoms with Crippen LogP contribution < -0.4 is 0 Å². The van der Waals surface area contributed by atoms with Crippen molar-refractivity contribution in [3.63, 3.8) is 0 Å². The Kier molecular flexibility index (Phi) is 70700. The van der Waals surface area contributed by atoms with Crippen molar-refractivity contribution in [1.29, 1.82) is 31.6 Å². The monoisotopic (exact) mass is 352 g/mol. The molecule has 0 spiro atoms. The number of rotatable bonds is 0. The fraction of sp³-hybridized carbons (Fsp3) is 0. The van der Waals surface area contributed by atoms with Gasteiger partial charge in [0.25, 0.3) is 0 Å². The van der Waals surface area contributed by atoms with Crippen LogP contribution in [0.4, 0.5) is 0 Å². The van der Waals surface area contributed by atoms with Crippen LogP contribution in [0.5, 0.6) is 0 Å². The van der Waals surface area contributed by atoms with Crippen LogP contribution >= 0.6 is 0 Å². The summed E-state index contributed by atoms with van der Waals surface area (Å²) in [6, 6.07) is 0. The molecule has 0 saturated heterocycles. The number of nitriles is 6. The van der Waals surface area contributed by atoms with Gasteiger partial charge in [0.1, 0.15) is 0 Å². The first-order valence-electron chi connectivity index (χ1n) is 1.55. The molecule has 10 heteroatoms. The first-order valence-corrected chi connectivity index (χ1v) is 1.55. The minimum atomic E-state index is 0. The zero-order valence-electron chi connectivity index (χ0n) is 7.26. The van der Waals surface area contributed by atoms with Crippen molar-refractivity contribution in [2.75, 3.05) is 0 Å². The Morgan fingerprint density at radius 3 is 0.375 bits per heavy atom. The van der Waals surface area contributed by atoms with Gasteiger partial charge in [0.15, 0.2) is 0 Å². The van der Waals surface area contributed by atoms with Gasteiger partial charge in [0.05, 0.1) is 0 Å². The summed E-state index contributed by atoms with van der Waals surface area (Å²) >= 11 is 0. The predicted octanol–water partition coefficient (Wildman–Crippen LogP) is 0.183. The summed E-state index contributed by atoms with van der Waals surface area (Å²) in [7, 11) is 0. The van der Waals surface area contributed by atoms with Gasteiger partial charge in [0, 0.05) is 90.6 Å². The van der Waals surface area contributed by atoms with Crippen molar-refractivity contribution in [1.82, 2.24) is 0 Å². The van der Waals surface area contributed by atoms with Crippen LogP contribution in [-0.2, 0) is 51.2 Å². The Morgan fingerprint density at radius 2 is 0.375 bits per heavy atom. The average molecular weight is 352 g/mol. The van der Waals surface area contributed by atoms with Crippen LogP contribution in [0.15, 0.2) is 0 Å². The quantitative estimate of drug-likeness (QED) is 0.569.